The lowest BCUT2D eigenvalue weighted by atomic mass is 10.1. The van der Waals surface area contributed by atoms with Crippen LogP contribution in [0.1, 0.15) is 11.1 Å². The van der Waals surface area contributed by atoms with Crippen LogP contribution in [0.25, 0.3) is 0 Å². The summed E-state index contributed by atoms with van der Waals surface area (Å²) >= 11 is 0. The molecule has 0 aliphatic carbocycles. The highest BCUT2D eigenvalue weighted by atomic mass is 16.4. The highest BCUT2D eigenvalue weighted by Crippen LogP contribution is 2.20. The lowest BCUT2D eigenvalue weighted by Crippen LogP contribution is -2.09. The molecule has 0 atom stereocenters. The molecule has 0 bridgehead atoms. The first-order chi connectivity index (χ1) is 7.27. The summed E-state index contributed by atoms with van der Waals surface area (Å²) in [6, 6.07) is 3.66. The van der Waals surface area contributed by atoms with E-state index in [2.05, 4.69) is 0 Å². The van der Waals surface area contributed by atoms with Gasteiger partial charge in [-0.05, 0) is 37.1 Å². The van der Waals surface area contributed by atoms with E-state index < -0.39 is 11.9 Å². The lowest BCUT2D eigenvalue weighted by molar-refractivity contribution is -0.159. The van der Waals surface area contributed by atoms with Crippen molar-refractivity contribution in [1.29, 1.82) is 0 Å². The average Bonchev–Trinajstić information content (AvgIpc) is 2.21. The molecule has 1 rings (SSSR count). The number of carbonyl (C=O) groups is 2. The molecule has 0 saturated carbocycles. The van der Waals surface area contributed by atoms with Crippen molar-refractivity contribution in [1.82, 2.24) is 0 Å². The number of nitrogen functional groups attached to an aromatic ring is 2. The maximum absolute atomic E-state index is 9.10. The van der Waals surface area contributed by atoms with Gasteiger partial charge in [0.05, 0.1) is 0 Å². The summed E-state index contributed by atoms with van der Waals surface area (Å²) in [5.74, 6) is -3.65. The van der Waals surface area contributed by atoms with E-state index in [1.165, 1.54) is 0 Å². The summed E-state index contributed by atoms with van der Waals surface area (Å²) in [4.78, 5) is 18.2. The Labute approximate surface area is 92.5 Å². The van der Waals surface area contributed by atoms with Gasteiger partial charge in [-0.1, -0.05) is 0 Å². The van der Waals surface area contributed by atoms with Gasteiger partial charge in [0, 0.05) is 11.4 Å². The quantitative estimate of drug-likeness (QED) is 0.379. The van der Waals surface area contributed by atoms with E-state index in [0.717, 1.165) is 22.5 Å². The average molecular weight is 226 g/mol. The fraction of sp³-hybridized carbons (Fsp3) is 0.200. The van der Waals surface area contributed by atoms with E-state index in [0.29, 0.717) is 0 Å². The van der Waals surface area contributed by atoms with Gasteiger partial charge >= 0.3 is 11.9 Å². The molecule has 1 aromatic carbocycles. The number of benzene rings is 1. The van der Waals surface area contributed by atoms with Crippen molar-refractivity contribution in [2.45, 2.75) is 13.8 Å². The summed E-state index contributed by atoms with van der Waals surface area (Å²) in [5, 5.41) is 14.8. The third-order valence-corrected chi connectivity index (χ3v) is 2.05. The molecule has 16 heavy (non-hydrogen) atoms. The van der Waals surface area contributed by atoms with Crippen molar-refractivity contribution in [2.24, 2.45) is 0 Å². The minimum Gasteiger partial charge on any atom is -0.473 e. The highest BCUT2D eigenvalue weighted by Gasteiger charge is 2.04. The molecule has 0 unspecified atom stereocenters. The Bertz CT molecular complexity index is 377. The van der Waals surface area contributed by atoms with Gasteiger partial charge in [-0.15, -0.1) is 0 Å². The summed E-state index contributed by atoms with van der Waals surface area (Å²) in [5.41, 5.74) is 15.1. The van der Waals surface area contributed by atoms with Crippen LogP contribution in [0, 0.1) is 13.8 Å². The van der Waals surface area contributed by atoms with Crippen LogP contribution in [0.15, 0.2) is 12.1 Å². The van der Waals surface area contributed by atoms with Crippen molar-refractivity contribution < 1.29 is 19.8 Å². The number of rotatable bonds is 0. The van der Waals surface area contributed by atoms with E-state index in [9.17, 15) is 0 Å². The van der Waals surface area contributed by atoms with E-state index in [4.69, 9.17) is 31.3 Å². The Hall–Kier alpha value is -2.24. The second kappa shape index (κ2) is 5.59. The molecule has 6 nitrogen and oxygen atoms in total. The van der Waals surface area contributed by atoms with Crippen molar-refractivity contribution in [3.8, 4) is 0 Å². The van der Waals surface area contributed by atoms with Crippen molar-refractivity contribution in [2.75, 3.05) is 11.5 Å². The van der Waals surface area contributed by atoms with Crippen LogP contribution in [0.5, 0.6) is 0 Å². The Morgan fingerprint density at radius 3 is 1.38 bits per heavy atom. The number of anilines is 2. The zero-order chi connectivity index (χ0) is 12.9. The Balaban J connectivity index is 0.000000325. The van der Waals surface area contributed by atoms with Gasteiger partial charge in [0.1, 0.15) is 0 Å². The molecule has 88 valence electrons. The van der Waals surface area contributed by atoms with E-state index in [1.807, 2.05) is 26.0 Å². The van der Waals surface area contributed by atoms with Gasteiger partial charge in [0.2, 0.25) is 0 Å². The zero-order valence-electron chi connectivity index (χ0n) is 9.02. The molecule has 0 aromatic heterocycles. The van der Waals surface area contributed by atoms with E-state index in [1.54, 1.807) is 0 Å². The molecule has 0 aliphatic rings. The molecule has 0 saturated heterocycles. The van der Waals surface area contributed by atoms with Crippen LogP contribution >= 0.6 is 0 Å². The minimum absolute atomic E-state index is 0.812. The van der Waals surface area contributed by atoms with E-state index >= 15 is 0 Å². The summed E-state index contributed by atoms with van der Waals surface area (Å²) in [6.07, 6.45) is 0. The first-order valence-electron chi connectivity index (χ1n) is 4.34. The topological polar surface area (TPSA) is 127 Å². The third-order valence-electron chi connectivity index (χ3n) is 2.05. The molecule has 0 amide bonds. The van der Waals surface area contributed by atoms with Crippen molar-refractivity contribution in [3.63, 3.8) is 0 Å². The Morgan fingerprint density at radius 1 is 0.938 bits per heavy atom. The summed E-state index contributed by atoms with van der Waals surface area (Å²) in [7, 11) is 0. The normalized spacial score (nSPS) is 8.88. The highest BCUT2D eigenvalue weighted by molar-refractivity contribution is 6.27. The molecule has 0 radical (unpaired) electrons. The Morgan fingerprint density at radius 2 is 1.19 bits per heavy atom. The van der Waals surface area contributed by atoms with Gasteiger partial charge in [0.15, 0.2) is 0 Å². The molecule has 6 heteroatoms. The number of carboxylic acids is 2. The molecular formula is C10H14N2O4. The van der Waals surface area contributed by atoms with Crippen LogP contribution in [0.3, 0.4) is 0 Å². The molecule has 6 N–H and O–H groups in total. The van der Waals surface area contributed by atoms with Crippen LogP contribution in [0.4, 0.5) is 11.4 Å². The van der Waals surface area contributed by atoms with Gasteiger partial charge < -0.3 is 21.7 Å². The second-order valence-corrected chi connectivity index (χ2v) is 3.10. The predicted molar refractivity (Wildman–Crippen MR) is 60.0 cm³/mol. The molecular weight excluding hydrogens is 212 g/mol. The van der Waals surface area contributed by atoms with Crippen molar-refractivity contribution >= 4 is 23.3 Å². The van der Waals surface area contributed by atoms with Gasteiger partial charge in [-0.2, -0.15) is 0 Å². The monoisotopic (exact) mass is 226 g/mol. The minimum atomic E-state index is -1.82. The number of nitrogens with two attached hydrogens (primary N) is 2. The number of hydrogen-bond donors (Lipinski definition) is 4. The first kappa shape index (κ1) is 13.8. The number of carboxylic acid groups (broad SMARTS) is 2. The Kier molecular flexibility index (Phi) is 4.81. The first-order valence-corrected chi connectivity index (χ1v) is 4.34. The molecule has 0 aliphatic heterocycles. The van der Waals surface area contributed by atoms with Crippen molar-refractivity contribution in [3.05, 3.63) is 23.3 Å². The zero-order valence-corrected chi connectivity index (χ0v) is 9.02. The van der Waals surface area contributed by atoms with Gasteiger partial charge in [0.25, 0.3) is 0 Å². The molecule has 1 aromatic rings. The summed E-state index contributed by atoms with van der Waals surface area (Å²) < 4.78 is 0. The lowest BCUT2D eigenvalue weighted by Gasteiger charge is -2.05. The second-order valence-electron chi connectivity index (χ2n) is 3.10. The van der Waals surface area contributed by atoms with E-state index in [-0.39, 0.29) is 0 Å². The summed E-state index contributed by atoms with van der Waals surface area (Å²) in [6.45, 7) is 3.95. The fourth-order valence-electron chi connectivity index (χ4n) is 0.863. The van der Waals surface area contributed by atoms with Gasteiger partial charge in [-0.25, -0.2) is 9.59 Å². The largest absolute Gasteiger partial charge is 0.473 e. The maximum atomic E-state index is 9.10. The number of hydrogen-bond acceptors (Lipinski definition) is 4. The predicted octanol–water partition coefficient (Wildman–Crippen LogP) is 0.623. The fourth-order valence-corrected chi connectivity index (χ4v) is 0.863. The maximum Gasteiger partial charge on any atom is 0.414 e. The van der Waals surface area contributed by atoms with Crippen LogP contribution in [-0.2, 0) is 9.59 Å². The third kappa shape index (κ3) is 3.87. The molecule has 0 spiro atoms. The van der Waals surface area contributed by atoms with Crippen LogP contribution in [-0.4, -0.2) is 22.2 Å². The SMILES string of the molecule is Cc1c(N)ccc(N)c1C.O=C(O)C(=O)O. The van der Waals surface area contributed by atoms with Gasteiger partial charge in [-0.3, -0.25) is 0 Å². The van der Waals surface area contributed by atoms with Crippen LogP contribution < -0.4 is 11.5 Å². The number of aliphatic carboxylic acids is 2. The molecule has 0 fully saturated rings. The standard InChI is InChI=1S/C8H12N2.C2H2O4/c1-5-6(2)8(10)4-3-7(5)9;3-1(4)2(5)6/h3-4H,9-10H2,1-2H3;(H,3,4)(H,5,6). The molecule has 0 heterocycles. The van der Waals surface area contributed by atoms with Crippen LogP contribution in [0.2, 0.25) is 0 Å². The smallest absolute Gasteiger partial charge is 0.414 e.